The Hall–Kier alpha value is -4.33. The second-order valence-electron chi connectivity index (χ2n) is 21.8. The van der Waals surface area contributed by atoms with Gasteiger partial charge in [-0.05, 0) is 110 Å². The first-order chi connectivity index (χ1) is 42.3. The number of aliphatic hydroxyl groups excluding tert-OH is 11. The maximum absolute atomic E-state index is 13.3. The number of allylic oxidation sites excluding steroid dienone is 23. The van der Waals surface area contributed by atoms with Crippen molar-refractivity contribution in [3.05, 3.63) is 146 Å². The van der Waals surface area contributed by atoms with Crippen LogP contribution < -0.4 is 5.32 Å². The Balaban J connectivity index is 1.39. The van der Waals surface area contributed by atoms with Crippen LogP contribution in [0.1, 0.15) is 142 Å². The molecule has 3 rings (SSSR count). The summed E-state index contributed by atoms with van der Waals surface area (Å²) < 4.78 is 34.1. The van der Waals surface area contributed by atoms with Crippen molar-refractivity contribution in [1.82, 2.24) is 5.32 Å². The van der Waals surface area contributed by atoms with Crippen molar-refractivity contribution < 1.29 is 89.4 Å². The fraction of sp³-hybridized carbons (Fsp3) is 0.632. The molecule has 1 amide bonds. The summed E-state index contributed by atoms with van der Waals surface area (Å²) in [7, 11) is 0. The molecule has 0 saturated carbocycles. The summed E-state index contributed by atoms with van der Waals surface area (Å²) in [6.45, 7) is 1.27. The topological polar surface area (TPSA) is 307 Å². The largest absolute Gasteiger partial charge is 0.394 e. The number of nitrogens with one attached hydrogen (secondary N) is 1. The predicted octanol–water partition coefficient (Wildman–Crippen LogP) is 6.81. The molecule has 0 aliphatic carbocycles. The van der Waals surface area contributed by atoms with Crippen molar-refractivity contribution >= 4 is 5.91 Å². The van der Waals surface area contributed by atoms with Gasteiger partial charge in [-0.15, -0.1) is 0 Å². The molecule has 3 aliphatic rings. The molecule has 0 aromatic carbocycles. The summed E-state index contributed by atoms with van der Waals surface area (Å²) in [5, 5.41) is 120. The SMILES string of the molecule is C/C=C/CC/C=C/CC/C=C/C(O)C(COC1OC(CO)C(OC2OC(CO)C(OC3OC(CO)C(O)C(O)C3O)C(O)C2O)C(O)C1O)NC(=O)CCCCCCC/C=C\C/C=C\C/C=C\C/C=C\C/C=C\C/C=C\C/C=C\C/C=C\C/C=C\CC. The Labute approximate surface area is 517 Å². The van der Waals surface area contributed by atoms with Crippen molar-refractivity contribution in [3.8, 4) is 0 Å². The number of aliphatic hydroxyl groups is 11. The van der Waals surface area contributed by atoms with Gasteiger partial charge in [0.05, 0.1) is 38.6 Å². The molecule has 12 N–H and O–H groups in total. The van der Waals surface area contributed by atoms with Crippen molar-refractivity contribution in [2.45, 2.75) is 247 Å². The van der Waals surface area contributed by atoms with E-state index in [9.17, 15) is 61.0 Å². The summed E-state index contributed by atoms with van der Waals surface area (Å²) >= 11 is 0. The van der Waals surface area contributed by atoms with Crippen molar-refractivity contribution in [3.63, 3.8) is 0 Å². The quantitative estimate of drug-likeness (QED) is 0.0220. The summed E-state index contributed by atoms with van der Waals surface area (Å²) in [4.78, 5) is 13.3. The number of carbonyl (C=O) groups excluding carboxylic acids is 1. The van der Waals surface area contributed by atoms with Crippen LogP contribution in [0.15, 0.2) is 146 Å². The number of hydrogen-bond donors (Lipinski definition) is 12. The van der Waals surface area contributed by atoms with Crippen LogP contribution >= 0.6 is 0 Å². The third-order valence-electron chi connectivity index (χ3n) is 14.7. The molecule has 19 nitrogen and oxygen atoms in total. The van der Waals surface area contributed by atoms with Crippen LogP contribution in [-0.2, 0) is 33.2 Å². The lowest BCUT2D eigenvalue weighted by atomic mass is 9.96. The van der Waals surface area contributed by atoms with Crippen LogP contribution in [0.4, 0.5) is 0 Å². The third-order valence-corrected chi connectivity index (χ3v) is 14.7. The zero-order valence-electron chi connectivity index (χ0n) is 51.4. The van der Waals surface area contributed by atoms with Crippen LogP contribution in [0.5, 0.6) is 0 Å². The minimum absolute atomic E-state index is 0.198. The number of carbonyl (C=O) groups is 1. The van der Waals surface area contributed by atoms with Crippen LogP contribution in [0, 0.1) is 0 Å². The van der Waals surface area contributed by atoms with E-state index in [2.05, 4.69) is 140 Å². The standard InChI is InChI=1S/C68H107NO18/c1-3-5-7-9-11-13-14-15-16-17-18-19-20-21-22-23-24-25-26-27-28-29-30-31-32-33-34-35-36-38-40-42-44-46-56(74)69-51(52(73)45-43-41-39-37-12-10-8-6-4-2)50-82-66-62(80)59(77)64(54(48-71)84-66)87-68-63(81)60(78)65(55(49-72)85-68)86-67-61(79)58(76)57(75)53(47-70)83-67/h4-7,11-13,15-16,18-19,21-22,24-25,27-28,30-31,33-34,37,43,45,51-55,57-68,70-73,75-81H,3,8-10,14,17,20,23,26,29,32,35-36,38-42,44,46-50H2,1-2H3,(H,69,74)/b6-4+,7-5-,13-11-,16-15-,19-18-,22-21-,25-24-,28-27-,31-30-,34-33-,37-12+,45-43+. The van der Waals surface area contributed by atoms with E-state index in [1.807, 2.05) is 13.0 Å². The fourth-order valence-electron chi connectivity index (χ4n) is 9.57. The highest BCUT2D eigenvalue weighted by atomic mass is 16.8. The summed E-state index contributed by atoms with van der Waals surface area (Å²) in [6.07, 6.45) is 41.6. The molecule has 0 spiro atoms. The van der Waals surface area contributed by atoms with Crippen molar-refractivity contribution in [2.24, 2.45) is 0 Å². The summed E-state index contributed by atoms with van der Waals surface area (Å²) in [5.41, 5.74) is 0. The van der Waals surface area contributed by atoms with Crippen LogP contribution in [0.2, 0.25) is 0 Å². The molecule has 3 saturated heterocycles. The molecule has 0 bridgehead atoms. The molecule has 3 fully saturated rings. The van der Waals surface area contributed by atoms with E-state index in [0.29, 0.717) is 12.8 Å². The average Bonchev–Trinajstić information content (AvgIpc) is 3.66. The zero-order chi connectivity index (χ0) is 63.3. The lowest BCUT2D eigenvalue weighted by Crippen LogP contribution is -2.66. The molecule has 87 heavy (non-hydrogen) atoms. The number of amides is 1. The van der Waals surface area contributed by atoms with E-state index in [-0.39, 0.29) is 12.3 Å². The molecule has 0 aromatic rings. The van der Waals surface area contributed by atoms with E-state index in [1.165, 1.54) is 0 Å². The molecule has 3 aliphatic heterocycles. The van der Waals surface area contributed by atoms with Crippen molar-refractivity contribution in [1.29, 1.82) is 0 Å². The summed E-state index contributed by atoms with van der Waals surface area (Å²) in [6, 6.07) is -1.02. The highest BCUT2D eigenvalue weighted by Gasteiger charge is 2.53. The number of hydrogen-bond acceptors (Lipinski definition) is 18. The first-order valence-corrected chi connectivity index (χ1v) is 31.6. The Morgan fingerprint density at radius 3 is 1.29 bits per heavy atom. The fourth-order valence-corrected chi connectivity index (χ4v) is 9.57. The van der Waals surface area contributed by atoms with Gasteiger partial charge in [0.15, 0.2) is 18.9 Å². The van der Waals surface area contributed by atoms with Gasteiger partial charge >= 0.3 is 0 Å². The maximum atomic E-state index is 13.3. The Morgan fingerprint density at radius 1 is 0.437 bits per heavy atom. The van der Waals surface area contributed by atoms with Gasteiger partial charge in [-0.2, -0.15) is 0 Å². The molecule has 17 unspecified atom stereocenters. The minimum Gasteiger partial charge on any atom is -0.394 e. The second-order valence-corrected chi connectivity index (χ2v) is 21.8. The molecule has 0 radical (unpaired) electrons. The molecular weight excluding hydrogens is 1120 g/mol. The summed E-state index contributed by atoms with van der Waals surface area (Å²) in [5.74, 6) is -0.321. The number of rotatable bonds is 44. The lowest BCUT2D eigenvalue weighted by molar-refractivity contribution is -0.379. The monoisotopic (exact) mass is 1230 g/mol. The van der Waals surface area contributed by atoms with E-state index in [0.717, 1.165) is 109 Å². The lowest BCUT2D eigenvalue weighted by Gasteiger charge is -2.48. The van der Waals surface area contributed by atoms with Gasteiger partial charge in [0.1, 0.15) is 73.2 Å². The van der Waals surface area contributed by atoms with Gasteiger partial charge in [-0.1, -0.05) is 172 Å². The Kier molecular flexibility index (Phi) is 42.9. The first-order valence-electron chi connectivity index (χ1n) is 31.6. The molecule has 17 atom stereocenters. The van der Waals surface area contributed by atoms with Crippen LogP contribution in [-0.4, -0.2) is 193 Å². The van der Waals surface area contributed by atoms with Crippen molar-refractivity contribution in [2.75, 3.05) is 26.4 Å². The van der Waals surface area contributed by atoms with Crippen LogP contribution in [0.3, 0.4) is 0 Å². The molecule has 0 aromatic heterocycles. The van der Waals surface area contributed by atoms with Gasteiger partial charge in [0.2, 0.25) is 5.91 Å². The second kappa shape index (κ2) is 48.5. The zero-order valence-corrected chi connectivity index (χ0v) is 51.4. The Bertz CT molecular complexity index is 2150. The Morgan fingerprint density at radius 2 is 0.816 bits per heavy atom. The maximum Gasteiger partial charge on any atom is 0.220 e. The van der Waals surface area contributed by atoms with Gasteiger partial charge in [0, 0.05) is 6.42 Å². The smallest absolute Gasteiger partial charge is 0.220 e. The highest BCUT2D eigenvalue weighted by molar-refractivity contribution is 5.76. The van der Waals surface area contributed by atoms with E-state index < -0.39 is 131 Å². The first kappa shape index (κ1) is 76.9. The van der Waals surface area contributed by atoms with E-state index in [4.69, 9.17) is 28.4 Å². The van der Waals surface area contributed by atoms with Gasteiger partial charge in [-0.3, -0.25) is 4.79 Å². The predicted molar refractivity (Wildman–Crippen MR) is 336 cm³/mol. The highest BCUT2D eigenvalue weighted by Crippen LogP contribution is 2.33. The number of unbranched alkanes of at least 4 members (excludes halogenated alkanes) is 7. The number of ether oxygens (including phenoxy) is 6. The van der Waals surface area contributed by atoms with Gasteiger partial charge in [0.25, 0.3) is 0 Å². The molecule has 19 heteroatoms. The van der Waals surface area contributed by atoms with Gasteiger partial charge < -0.3 is 89.9 Å². The normalized spacial score (nSPS) is 29.6. The van der Waals surface area contributed by atoms with Crippen LogP contribution in [0.25, 0.3) is 0 Å². The molecule has 3 heterocycles. The van der Waals surface area contributed by atoms with E-state index >= 15 is 0 Å². The minimum atomic E-state index is -1.99. The molecule has 492 valence electrons. The van der Waals surface area contributed by atoms with E-state index in [1.54, 1.807) is 12.2 Å². The van der Waals surface area contributed by atoms with Gasteiger partial charge in [-0.25, -0.2) is 0 Å². The third kappa shape index (κ3) is 31.3. The molecular formula is C68H107NO18. The average molecular weight is 1230 g/mol.